The van der Waals surface area contributed by atoms with Gasteiger partial charge in [0.05, 0.1) is 6.33 Å². The fourth-order valence-electron chi connectivity index (χ4n) is 1.53. The van der Waals surface area contributed by atoms with E-state index in [2.05, 4.69) is 4.98 Å². The quantitative estimate of drug-likeness (QED) is 0.599. The molecule has 12 heavy (non-hydrogen) atoms. The summed E-state index contributed by atoms with van der Waals surface area (Å²) in [6, 6.07) is -0.0162. The van der Waals surface area contributed by atoms with Gasteiger partial charge in [0.2, 0.25) is 5.91 Å². The Bertz CT molecular complexity index is 281. The van der Waals surface area contributed by atoms with E-state index in [1.807, 2.05) is 17.8 Å². The van der Waals surface area contributed by atoms with Crippen molar-refractivity contribution in [3.63, 3.8) is 0 Å². The lowest BCUT2D eigenvalue weighted by molar-refractivity contribution is -0.129. The van der Waals surface area contributed by atoms with Crippen molar-refractivity contribution in [3.05, 3.63) is 18.7 Å². The molecule has 1 saturated heterocycles. The van der Waals surface area contributed by atoms with Crippen molar-refractivity contribution in [1.29, 1.82) is 0 Å². The first-order valence-corrected chi connectivity index (χ1v) is 4.01. The smallest absolute Gasteiger partial charge is 0.245 e. The lowest BCUT2D eigenvalue weighted by Gasteiger charge is -2.10. The van der Waals surface area contributed by atoms with E-state index in [0.717, 1.165) is 13.0 Å². The van der Waals surface area contributed by atoms with Crippen molar-refractivity contribution in [1.82, 2.24) is 14.5 Å². The van der Waals surface area contributed by atoms with Crippen molar-refractivity contribution >= 4 is 5.91 Å². The molecule has 1 aliphatic heterocycles. The Morgan fingerprint density at radius 3 is 3.00 bits per heavy atom. The lowest BCUT2D eigenvalue weighted by atomic mass is 10.2. The van der Waals surface area contributed by atoms with Crippen LogP contribution in [-0.2, 0) is 4.79 Å². The fraction of sp³-hybridized carbons (Fsp3) is 0.500. The molecule has 0 aliphatic carbocycles. The van der Waals surface area contributed by atoms with Crippen LogP contribution in [0, 0.1) is 0 Å². The number of nitrogens with zero attached hydrogens (tertiary/aromatic N) is 3. The summed E-state index contributed by atoms with van der Waals surface area (Å²) in [7, 11) is 1.83. The van der Waals surface area contributed by atoms with Gasteiger partial charge < -0.3 is 9.47 Å². The van der Waals surface area contributed by atoms with Gasteiger partial charge in [-0.3, -0.25) is 4.79 Å². The zero-order valence-electron chi connectivity index (χ0n) is 6.97. The highest BCUT2D eigenvalue weighted by Gasteiger charge is 2.29. The Morgan fingerprint density at radius 1 is 1.67 bits per heavy atom. The molecule has 64 valence electrons. The number of hydrogen-bond acceptors (Lipinski definition) is 2. The van der Waals surface area contributed by atoms with E-state index in [9.17, 15) is 4.79 Å². The molecule has 1 amide bonds. The van der Waals surface area contributed by atoms with Gasteiger partial charge in [0.15, 0.2) is 0 Å². The van der Waals surface area contributed by atoms with Crippen molar-refractivity contribution in [2.45, 2.75) is 12.5 Å². The van der Waals surface area contributed by atoms with Gasteiger partial charge in [-0.05, 0) is 6.42 Å². The van der Waals surface area contributed by atoms with Crippen LogP contribution in [0.25, 0.3) is 0 Å². The predicted molar refractivity (Wildman–Crippen MR) is 43.5 cm³/mol. The van der Waals surface area contributed by atoms with E-state index in [1.54, 1.807) is 17.4 Å². The first-order chi connectivity index (χ1) is 5.79. The Morgan fingerprint density at radius 2 is 2.50 bits per heavy atom. The summed E-state index contributed by atoms with van der Waals surface area (Å²) < 4.78 is 1.87. The Kier molecular flexibility index (Phi) is 1.60. The van der Waals surface area contributed by atoms with Crippen molar-refractivity contribution < 1.29 is 4.79 Å². The summed E-state index contributed by atoms with van der Waals surface area (Å²) in [5.74, 6) is 0.188. The Balaban J connectivity index is 2.22. The summed E-state index contributed by atoms with van der Waals surface area (Å²) >= 11 is 0. The molecule has 1 aromatic heterocycles. The number of aromatic nitrogens is 2. The minimum Gasteiger partial charge on any atom is -0.344 e. The molecule has 1 fully saturated rings. The molecule has 2 rings (SSSR count). The van der Waals surface area contributed by atoms with E-state index in [-0.39, 0.29) is 11.9 Å². The third-order valence-electron chi connectivity index (χ3n) is 2.28. The van der Waals surface area contributed by atoms with Crippen molar-refractivity contribution in [2.24, 2.45) is 0 Å². The van der Waals surface area contributed by atoms with E-state index >= 15 is 0 Å². The summed E-state index contributed by atoms with van der Waals surface area (Å²) in [5, 5.41) is 0. The van der Waals surface area contributed by atoms with Crippen LogP contribution in [-0.4, -0.2) is 34.0 Å². The van der Waals surface area contributed by atoms with Gasteiger partial charge in [-0.15, -0.1) is 0 Å². The molecule has 0 spiro atoms. The lowest BCUT2D eigenvalue weighted by Crippen LogP contribution is -2.23. The highest BCUT2D eigenvalue weighted by molar-refractivity contribution is 5.82. The zero-order chi connectivity index (χ0) is 8.55. The first kappa shape index (κ1) is 7.34. The second-order valence-corrected chi connectivity index (χ2v) is 3.07. The molecule has 0 bridgehead atoms. The van der Waals surface area contributed by atoms with Crippen LogP contribution in [0.15, 0.2) is 18.7 Å². The summed E-state index contributed by atoms with van der Waals surface area (Å²) in [4.78, 5) is 17.2. The van der Waals surface area contributed by atoms with E-state index in [0.29, 0.717) is 0 Å². The van der Waals surface area contributed by atoms with Crippen LogP contribution < -0.4 is 0 Å². The molecule has 1 atom stereocenters. The predicted octanol–water partition coefficient (Wildman–Crippen LogP) is 0.286. The molecule has 2 heterocycles. The average Bonchev–Trinajstić information content (AvgIpc) is 2.64. The van der Waals surface area contributed by atoms with Gasteiger partial charge in [-0.1, -0.05) is 0 Å². The minimum atomic E-state index is -0.0162. The normalized spacial score (nSPS) is 23.6. The van der Waals surface area contributed by atoms with E-state index in [4.69, 9.17) is 0 Å². The molecule has 0 radical (unpaired) electrons. The molecule has 0 saturated carbocycles. The molecule has 0 N–H and O–H groups in total. The largest absolute Gasteiger partial charge is 0.344 e. The number of amides is 1. The van der Waals surface area contributed by atoms with Gasteiger partial charge in [0.25, 0.3) is 0 Å². The summed E-state index contributed by atoms with van der Waals surface area (Å²) in [6.07, 6.45) is 6.13. The standard InChI is InChI=1S/C8H11N3O/c1-10-4-2-7(8(10)12)11-5-3-9-6-11/h3,5-7H,2,4H2,1H3. The zero-order valence-corrected chi connectivity index (χ0v) is 6.97. The maximum atomic E-state index is 11.5. The van der Waals surface area contributed by atoms with Crippen LogP contribution >= 0.6 is 0 Å². The molecule has 4 heteroatoms. The number of carbonyl (C=O) groups is 1. The van der Waals surface area contributed by atoms with Crippen LogP contribution in [0.5, 0.6) is 0 Å². The fourth-order valence-corrected chi connectivity index (χ4v) is 1.53. The van der Waals surface area contributed by atoms with Crippen LogP contribution in [0.4, 0.5) is 0 Å². The third-order valence-corrected chi connectivity index (χ3v) is 2.28. The average molecular weight is 165 g/mol. The Labute approximate surface area is 70.8 Å². The number of likely N-dealkylation sites (N-methyl/N-ethyl adjacent to an activating group) is 1. The molecule has 1 aliphatic rings. The molecule has 0 aromatic carbocycles. The first-order valence-electron chi connectivity index (χ1n) is 4.01. The van der Waals surface area contributed by atoms with Gasteiger partial charge in [-0.2, -0.15) is 0 Å². The summed E-state index contributed by atoms with van der Waals surface area (Å²) in [6.45, 7) is 0.849. The molecular weight excluding hydrogens is 154 g/mol. The SMILES string of the molecule is CN1CCC(n2ccnc2)C1=O. The van der Waals surface area contributed by atoms with E-state index in [1.165, 1.54) is 0 Å². The molecular formula is C8H11N3O. The topological polar surface area (TPSA) is 38.1 Å². The molecule has 4 nitrogen and oxygen atoms in total. The van der Waals surface area contributed by atoms with E-state index < -0.39 is 0 Å². The van der Waals surface area contributed by atoms with Gasteiger partial charge in [0.1, 0.15) is 6.04 Å². The number of carbonyl (C=O) groups excluding carboxylic acids is 1. The van der Waals surface area contributed by atoms with Crippen LogP contribution in [0.3, 0.4) is 0 Å². The van der Waals surface area contributed by atoms with Crippen LogP contribution in [0.1, 0.15) is 12.5 Å². The van der Waals surface area contributed by atoms with Crippen molar-refractivity contribution in [2.75, 3.05) is 13.6 Å². The van der Waals surface area contributed by atoms with Crippen molar-refractivity contribution in [3.8, 4) is 0 Å². The number of hydrogen-bond donors (Lipinski definition) is 0. The maximum absolute atomic E-state index is 11.5. The second-order valence-electron chi connectivity index (χ2n) is 3.07. The third kappa shape index (κ3) is 0.995. The minimum absolute atomic E-state index is 0.0162. The van der Waals surface area contributed by atoms with Gasteiger partial charge >= 0.3 is 0 Å². The number of imidazole rings is 1. The van der Waals surface area contributed by atoms with Crippen LogP contribution in [0.2, 0.25) is 0 Å². The highest BCUT2D eigenvalue weighted by atomic mass is 16.2. The summed E-state index contributed by atoms with van der Waals surface area (Å²) in [5.41, 5.74) is 0. The van der Waals surface area contributed by atoms with Gasteiger partial charge in [0, 0.05) is 26.0 Å². The molecule has 1 aromatic rings. The monoisotopic (exact) mass is 165 g/mol. The number of likely N-dealkylation sites (tertiary alicyclic amines) is 1. The highest BCUT2D eigenvalue weighted by Crippen LogP contribution is 2.20. The second kappa shape index (κ2) is 2.62. The van der Waals surface area contributed by atoms with Gasteiger partial charge in [-0.25, -0.2) is 4.98 Å². The molecule has 1 unspecified atom stereocenters. The maximum Gasteiger partial charge on any atom is 0.245 e. The number of rotatable bonds is 1. The Hall–Kier alpha value is -1.32.